The lowest BCUT2D eigenvalue weighted by molar-refractivity contribution is 0.0685. The van der Waals surface area contributed by atoms with E-state index in [0.29, 0.717) is 10.0 Å². The van der Waals surface area contributed by atoms with Crippen molar-refractivity contribution in [3.63, 3.8) is 0 Å². The summed E-state index contributed by atoms with van der Waals surface area (Å²) in [7, 11) is 0. The van der Waals surface area contributed by atoms with Crippen LogP contribution in [0.1, 0.15) is 10.6 Å². The molecule has 1 aromatic carbocycles. The molecule has 1 aromatic heterocycles. The van der Waals surface area contributed by atoms with E-state index >= 15 is 0 Å². The average Bonchev–Trinajstić information content (AvgIpc) is 2.66. The van der Waals surface area contributed by atoms with Crippen LogP contribution < -0.4 is 0 Å². The van der Waals surface area contributed by atoms with Crippen LogP contribution in [0, 0.1) is 0 Å². The number of carboxylic acid groups (broad SMARTS) is 1. The van der Waals surface area contributed by atoms with Gasteiger partial charge in [-0.25, -0.2) is 9.78 Å². The van der Waals surface area contributed by atoms with Crippen LogP contribution in [-0.4, -0.2) is 20.4 Å². The highest BCUT2D eigenvalue weighted by Gasteiger charge is 2.11. The molecule has 0 aliphatic carbocycles. The number of halogens is 1. The minimum Gasteiger partial charge on any atom is -0.475 e. The largest absolute Gasteiger partial charge is 0.475 e. The molecule has 1 heterocycles. The first-order chi connectivity index (χ1) is 7.16. The quantitative estimate of drug-likeness (QED) is 0.876. The lowest BCUT2D eigenvalue weighted by Gasteiger charge is -1.94. The van der Waals surface area contributed by atoms with E-state index < -0.39 is 5.97 Å². The van der Waals surface area contributed by atoms with Gasteiger partial charge >= 0.3 is 5.97 Å². The molecule has 0 aliphatic heterocycles. The Bertz CT molecular complexity index is 512. The molecule has 0 saturated carbocycles. The molecule has 0 spiro atoms. The summed E-state index contributed by atoms with van der Waals surface area (Å²) < 4.78 is 3.71. The van der Waals surface area contributed by atoms with Crippen molar-refractivity contribution in [3.8, 4) is 10.6 Å². The third kappa shape index (κ3) is 2.14. The van der Waals surface area contributed by atoms with Gasteiger partial charge in [-0.1, -0.05) is 23.7 Å². The molecule has 0 atom stereocenters. The van der Waals surface area contributed by atoms with Crippen LogP contribution in [0.5, 0.6) is 0 Å². The molecule has 0 saturated heterocycles. The molecule has 0 bridgehead atoms. The summed E-state index contributed by atoms with van der Waals surface area (Å²) in [6.07, 6.45) is 0. The Morgan fingerprint density at radius 2 is 2.27 bits per heavy atom. The molecule has 1 N–H and O–H groups in total. The fraction of sp³-hybridized carbons (Fsp3) is 0. The first-order valence-electron chi connectivity index (χ1n) is 4.00. The van der Waals surface area contributed by atoms with Gasteiger partial charge in [-0.2, -0.15) is 4.37 Å². The summed E-state index contributed by atoms with van der Waals surface area (Å²) in [6, 6.07) is 7.04. The monoisotopic (exact) mass is 240 g/mol. The Labute approximate surface area is 94.3 Å². The second kappa shape index (κ2) is 3.96. The number of nitrogens with zero attached hydrogens (tertiary/aromatic N) is 2. The first kappa shape index (κ1) is 10.1. The molecule has 0 radical (unpaired) electrons. The van der Waals surface area contributed by atoms with Crippen LogP contribution in [0.15, 0.2) is 24.3 Å². The molecule has 2 aromatic rings. The predicted octanol–water partition coefficient (Wildman–Crippen LogP) is 2.56. The maximum absolute atomic E-state index is 10.6. The van der Waals surface area contributed by atoms with Crippen molar-refractivity contribution >= 4 is 29.1 Å². The van der Waals surface area contributed by atoms with Crippen molar-refractivity contribution in [2.75, 3.05) is 0 Å². The Kier molecular flexibility index (Phi) is 2.66. The lowest BCUT2D eigenvalue weighted by Crippen LogP contribution is -1.98. The van der Waals surface area contributed by atoms with E-state index in [1.807, 2.05) is 0 Å². The average molecular weight is 241 g/mol. The second-order valence-electron chi connectivity index (χ2n) is 2.74. The molecule has 15 heavy (non-hydrogen) atoms. The van der Waals surface area contributed by atoms with Gasteiger partial charge in [-0.05, 0) is 23.7 Å². The van der Waals surface area contributed by atoms with Gasteiger partial charge in [-0.3, -0.25) is 0 Å². The van der Waals surface area contributed by atoms with E-state index in [0.717, 1.165) is 17.1 Å². The van der Waals surface area contributed by atoms with E-state index in [4.69, 9.17) is 16.7 Å². The smallest absolute Gasteiger partial charge is 0.375 e. The number of carboxylic acids is 1. The molecular formula is C9H5ClN2O2S. The molecular weight excluding hydrogens is 236 g/mol. The SMILES string of the molecule is O=C(O)c1nsc(-c2cccc(Cl)c2)n1. The van der Waals surface area contributed by atoms with Gasteiger partial charge in [0.15, 0.2) is 0 Å². The Morgan fingerprint density at radius 3 is 2.87 bits per heavy atom. The normalized spacial score (nSPS) is 10.2. The third-order valence-electron chi connectivity index (χ3n) is 1.69. The van der Waals surface area contributed by atoms with Gasteiger partial charge in [0.1, 0.15) is 5.01 Å². The third-order valence-corrected chi connectivity index (χ3v) is 2.69. The fourth-order valence-corrected chi connectivity index (χ4v) is 1.89. The highest BCUT2D eigenvalue weighted by Crippen LogP contribution is 2.23. The van der Waals surface area contributed by atoms with Crippen molar-refractivity contribution in [1.29, 1.82) is 0 Å². The molecule has 0 aliphatic rings. The minimum absolute atomic E-state index is 0.185. The zero-order valence-corrected chi connectivity index (χ0v) is 8.92. The summed E-state index contributed by atoms with van der Waals surface area (Å²) in [5.41, 5.74) is 0.771. The number of carbonyl (C=O) groups is 1. The molecule has 0 fully saturated rings. The Balaban J connectivity index is 2.41. The van der Waals surface area contributed by atoms with Crippen molar-refractivity contribution in [2.45, 2.75) is 0 Å². The number of aromatic nitrogens is 2. The molecule has 0 unspecified atom stereocenters. The summed E-state index contributed by atoms with van der Waals surface area (Å²) in [6.45, 7) is 0. The molecule has 4 nitrogen and oxygen atoms in total. The first-order valence-corrected chi connectivity index (χ1v) is 5.15. The van der Waals surface area contributed by atoms with Gasteiger partial charge in [0, 0.05) is 10.6 Å². The van der Waals surface area contributed by atoms with Gasteiger partial charge in [0.2, 0.25) is 0 Å². The summed E-state index contributed by atoms with van der Waals surface area (Å²) in [4.78, 5) is 14.4. The molecule has 2 rings (SSSR count). The summed E-state index contributed by atoms with van der Waals surface area (Å²) in [5.74, 6) is -1.31. The van der Waals surface area contributed by atoms with Crippen LogP contribution in [0.3, 0.4) is 0 Å². The lowest BCUT2D eigenvalue weighted by atomic mass is 10.2. The molecule has 6 heteroatoms. The van der Waals surface area contributed by atoms with Gasteiger partial charge in [0.25, 0.3) is 5.82 Å². The maximum atomic E-state index is 10.6. The van der Waals surface area contributed by atoms with Gasteiger partial charge in [-0.15, -0.1) is 0 Å². The van der Waals surface area contributed by atoms with E-state index in [2.05, 4.69) is 9.36 Å². The minimum atomic E-state index is -1.13. The number of rotatable bonds is 2. The van der Waals surface area contributed by atoms with Crippen LogP contribution >= 0.6 is 23.1 Å². The highest BCUT2D eigenvalue weighted by molar-refractivity contribution is 7.09. The Morgan fingerprint density at radius 1 is 1.47 bits per heavy atom. The second-order valence-corrected chi connectivity index (χ2v) is 3.93. The van der Waals surface area contributed by atoms with Gasteiger partial charge < -0.3 is 5.11 Å². The zero-order chi connectivity index (χ0) is 10.8. The van der Waals surface area contributed by atoms with Gasteiger partial charge in [0.05, 0.1) is 0 Å². The van der Waals surface area contributed by atoms with Crippen LogP contribution in [0.4, 0.5) is 0 Å². The number of hydrogen-bond acceptors (Lipinski definition) is 4. The van der Waals surface area contributed by atoms with Crippen molar-refractivity contribution < 1.29 is 9.90 Å². The molecule has 76 valence electrons. The van der Waals surface area contributed by atoms with E-state index in [-0.39, 0.29) is 5.82 Å². The van der Waals surface area contributed by atoms with Crippen molar-refractivity contribution in [3.05, 3.63) is 35.1 Å². The zero-order valence-electron chi connectivity index (χ0n) is 7.35. The predicted molar refractivity (Wildman–Crippen MR) is 57.3 cm³/mol. The van der Waals surface area contributed by atoms with Crippen LogP contribution in [-0.2, 0) is 0 Å². The van der Waals surface area contributed by atoms with Crippen molar-refractivity contribution in [2.24, 2.45) is 0 Å². The number of aromatic carboxylic acids is 1. The summed E-state index contributed by atoms with van der Waals surface area (Å²) in [5, 5.41) is 9.79. The van der Waals surface area contributed by atoms with E-state index in [9.17, 15) is 4.79 Å². The van der Waals surface area contributed by atoms with Crippen molar-refractivity contribution in [1.82, 2.24) is 9.36 Å². The van der Waals surface area contributed by atoms with E-state index in [1.54, 1.807) is 24.3 Å². The summed E-state index contributed by atoms with van der Waals surface area (Å²) >= 11 is 6.84. The Hall–Kier alpha value is -1.46. The molecule has 0 amide bonds. The van der Waals surface area contributed by atoms with E-state index in [1.165, 1.54) is 0 Å². The fourth-order valence-electron chi connectivity index (χ4n) is 1.05. The van der Waals surface area contributed by atoms with Crippen LogP contribution in [0.2, 0.25) is 5.02 Å². The van der Waals surface area contributed by atoms with Crippen LogP contribution in [0.25, 0.3) is 10.6 Å². The topological polar surface area (TPSA) is 63.1 Å². The highest BCUT2D eigenvalue weighted by atomic mass is 35.5. The number of benzene rings is 1. The number of hydrogen-bond donors (Lipinski definition) is 1. The standard InChI is InChI=1S/C9H5ClN2O2S/c10-6-3-1-2-5(4-6)8-11-7(9(13)14)12-15-8/h1-4H,(H,13,14). The maximum Gasteiger partial charge on any atom is 0.375 e.